The van der Waals surface area contributed by atoms with E-state index in [1.807, 2.05) is 35.9 Å². The summed E-state index contributed by atoms with van der Waals surface area (Å²) in [6.45, 7) is 2.88. The molecule has 1 heterocycles. The number of aromatic nitrogens is 2. The number of hydrogen-bond acceptors (Lipinski definition) is 2. The summed E-state index contributed by atoms with van der Waals surface area (Å²) in [5.74, 6) is 0.137. The molecular formula is C15H18N2O. The Kier molecular flexibility index (Phi) is 4.29. The third-order valence-corrected chi connectivity index (χ3v) is 3.00. The van der Waals surface area contributed by atoms with Gasteiger partial charge in [-0.25, -0.2) is 4.98 Å². The highest BCUT2D eigenvalue weighted by atomic mass is 16.1. The van der Waals surface area contributed by atoms with E-state index in [1.165, 1.54) is 5.56 Å². The minimum absolute atomic E-state index is 0.137. The zero-order valence-electron chi connectivity index (χ0n) is 10.7. The largest absolute Gasteiger partial charge is 0.337 e. The van der Waals surface area contributed by atoms with Gasteiger partial charge in [-0.15, -0.1) is 0 Å². The summed E-state index contributed by atoms with van der Waals surface area (Å²) >= 11 is 0. The first-order valence-corrected chi connectivity index (χ1v) is 6.38. The van der Waals surface area contributed by atoms with Gasteiger partial charge in [0.1, 0.15) is 5.69 Å². The molecule has 0 N–H and O–H groups in total. The SMILES string of the molecule is CCn1cnc(C(=O)CCCc2ccccc2)c1. The molecule has 18 heavy (non-hydrogen) atoms. The molecule has 1 aromatic heterocycles. The molecule has 2 rings (SSSR count). The Bertz CT molecular complexity index is 502. The zero-order chi connectivity index (χ0) is 12.8. The number of ketones is 1. The standard InChI is InChI=1S/C15H18N2O/c1-2-17-11-14(16-12-17)15(18)10-6-9-13-7-4-3-5-8-13/h3-5,7-8,11-12H,2,6,9-10H2,1H3. The molecule has 3 heteroatoms. The van der Waals surface area contributed by atoms with Gasteiger partial charge in [-0.1, -0.05) is 30.3 Å². The maximum atomic E-state index is 11.9. The zero-order valence-corrected chi connectivity index (χ0v) is 10.7. The van der Waals surface area contributed by atoms with E-state index in [2.05, 4.69) is 17.1 Å². The normalized spacial score (nSPS) is 10.5. The van der Waals surface area contributed by atoms with E-state index in [0.29, 0.717) is 12.1 Å². The Labute approximate surface area is 107 Å². The molecule has 0 saturated heterocycles. The fourth-order valence-electron chi connectivity index (χ4n) is 1.90. The van der Waals surface area contributed by atoms with E-state index in [4.69, 9.17) is 0 Å². The van der Waals surface area contributed by atoms with Gasteiger partial charge in [0.05, 0.1) is 6.33 Å². The van der Waals surface area contributed by atoms with Crippen molar-refractivity contribution in [2.75, 3.05) is 0 Å². The van der Waals surface area contributed by atoms with E-state index in [9.17, 15) is 4.79 Å². The van der Waals surface area contributed by atoms with E-state index in [-0.39, 0.29) is 5.78 Å². The summed E-state index contributed by atoms with van der Waals surface area (Å²) in [4.78, 5) is 16.0. The van der Waals surface area contributed by atoms with Crippen molar-refractivity contribution in [1.82, 2.24) is 9.55 Å². The van der Waals surface area contributed by atoms with Crippen molar-refractivity contribution in [1.29, 1.82) is 0 Å². The van der Waals surface area contributed by atoms with Gasteiger partial charge in [0.2, 0.25) is 0 Å². The number of carbonyl (C=O) groups excluding carboxylic acids is 1. The van der Waals surface area contributed by atoms with Crippen LogP contribution in [0.4, 0.5) is 0 Å². The second kappa shape index (κ2) is 6.15. The second-order valence-electron chi connectivity index (χ2n) is 4.35. The van der Waals surface area contributed by atoms with Crippen LogP contribution in [-0.4, -0.2) is 15.3 Å². The van der Waals surface area contributed by atoms with Gasteiger partial charge in [0.25, 0.3) is 0 Å². The molecule has 0 fully saturated rings. The molecule has 0 aliphatic carbocycles. The molecule has 0 amide bonds. The molecule has 2 aromatic rings. The van der Waals surface area contributed by atoms with Crippen molar-refractivity contribution < 1.29 is 4.79 Å². The van der Waals surface area contributed by atoms with Crippen molar-refractivity contribution >= 4 is 5.78 Å². The molecule has 0 spiro atoms. The maximum absolute atomic E-state index is 11.9. The third-order valence-electron chi connectivity index (χ3n) is 3.00. The summed E-state index contributed by atoms with van der Waals surface area (Å²) in [5, 5.41) is 0. The number of nitrogens with zero attached hydrogens (tertiary/aromatic N) is 2. The minimum Gasteiger partial charge on any atom is -0.337 e. The average molecular weight is 242 g/mol. The quantitative estimate of drug-likeness (QED) is 0.729. The van der Waals surface area contributed by atoms with Crippen molar-refractivity contribution in [3.05, 3.63) is 54.1 Å². The number of carbonyl (C=O) groups is 1. The topological polar surface area (TPSA) is 34.9 Å². The van der Waals surface area contributed by atoms with Crippen molar-refractivity contribution in [2.24, 2.45) is 0 Å². The van der Waals surface area contributed by atoms with Crippen LogP contribution in [0.2, 0.25) is 0 Å². The van der Waals surface area contributed by atoms with E-state index in [1.54, 1.807) is 6.33 Å². The molecule has 0 aliphatic heterocycles. The Morgan fingerprint density at radius 1 is 1.28 bits per heavy atom. The molecule has 0 radical (unpaired) electrons. The van der Waals surface area contributed by atoms with Crippen LogP contribution in [0.5, 0.6) is 0 Å². The minimum atomic E-state index is 0.137. The Morgan fingerprint density at radius 3 is 2.72 bits per heavy atom. The third kappa shape index (κ3) is 3.29. The van der Waals surface area contributed by atoms with Crippen LogP contribution >= 0.6 is 0 Å². The number of rotatable bonds is 6. The Balaban J connectivity index is 1.81. The van der Waals surface area contributed by atoms with Crippen molar-refractivity contribution in [3.8, 4) is 0 Å². The van der Waals surface area contributed by atoms with Gasteiger partial charge < -0.3 is 4.57 Å². The lowest BCUT2D eigenvalue weighted by Crippen LogP contribution is -2.00. The van der Waals surface area contributed by atoms with Crippen LogP contribution in [0.15, 0.2) is 42.9 Å². The van der Waals surface area contributed by atoms with Crippen LogP contribution in [0.25, 0.3) is 0 Å². The average Bonchev–Trinajstić information content (AvgIpc) is 2.89. The smallest absolute Gasteiger partial charge is 0.182 e. The van der Waals surface area contributed by atoms with Crippen LogP contribution in [0.3, 0.4) is 0 Å². The lowest BCUT2D eigenvalue weighted by Gasteiger charge is -2.00. The number of benzene rings is 1. The van der Waals surface area contributed by atoms with E-state index < -0.39 is 0 Å². The van der Waals surface area contributed by atoms with Gasteiger partial charge >= 0.3 is 0 Å². The van der Waals surface area contributed by atoms with Gasteiger partial charge in [0, 0.05) is 19.2 Å². The maximum Gasteiger partial charge on any atom is 0.182 e. The highest BCUT2D eigenvalue weighted by Gasteiger charge is 2.08. The van der Waals surface area contributed by atoms with Gasteiger partial charge in [0.15, 0.2) is 5.78 Å². The lowest BCUT2D eigenvalue weighted by molar-refractivity contribution is 0.0976. The highest BCUT2D eigenvalue weighted by molar-refractivity contribution is 5.93. The Morgan fingerprint density at radius 2 is 2.06 bits per heavy atom. The number of imidazole rings is 1. The molecule has 0 aliphatic rings. The van der Waals surface area contributed by atoms with Gasteiger partial charge in [-0.2, -0.15) is 0 Å². The fourth-order valence-corrected chi connectivity index (χ4v) is 1.90. The summed E-state index contributed by atoms with van der Waals surface area (Å²) in [6, 6.07) is 10.2. The predicted molar refractivity (Wildman–Crippen MR) is 71.6 cm³/mol. The first-order chi connectivity index (χ1) is 8.79. The molecule has 0 saturated carbocycles. The lowest BCUT2D eigenvalue weighted by atomic mass is 10.1. The monoisotopic (exact) mass is 242 g/mol. The highest BCUT2D eigenvalue weighted by Crippen LogP contribution is 2.08. The molecule has 94 valence electrons. The number of hydrogen-bond donors (Lipinski definition) is 0. The molecule has 0 atom stereocenters. The first kappa shape index (κ1) is 12.6. The summed E-state index contributed by atoms with van der Waals surface area (Å²) in [7, 11) is 0. The fraction of sp³-hybridized carbons (Fsp3) is 0.333. The molecule has 0 bridgehead atoms. The van der Waals surface area contributed by atoms with E-state index >= 15 is 0 Å². The first-order valence-electron chi connectivity index (χ1n) is 6.38. The predicted octanol–water partition coefficient (Wildman–Crippen LogP) is 3.11. The summed E-state index contributed by atoms with van der Waals surface area (Å²) in [6.07, 6.45) is 5.92. The van der Waals surface area contributed by atoms with E-state index in [0.717, 1.165) is 19.4 Å². The molecule has 3 nitrogen and oxygen atoms in total. The summed E-state index contributed by atoms with van der Waals surface area (Å²) < 4.78 is 1.92. The van der Waals surface area contributed by atoms with Crippen molar-refractivity contribution in [2.45, 2.75) is 32.7 Å². The van der Waals surface area contributed by atoms with Crippen LogP contribution in [-0.2, 0) is 13.0 Å². The van der Waals surface area contributed by atoms with Crippen molar-refractivity contribution in [3.63, 3.8) is 0 Å². The number of Topliss-reactive ketones (excluding diaryl/α,β-unsaturated/α-hetero) is 1. The molecule has 0 unspecified atom stereocenters. The second-order valence-corrected chi connectivity index (χ2v) is 4.35. The Hall–Kier alpha value is -1.90. The van der Waals surface area contributed by atoms with Crippen LogP contribution in [0.1, 0.15) is 35.8 Å². The van der Waals surface area contributed by atoms with Gasteiger partial charge in [-0.05, 0) is 25.3 Å². The summed E-state index contributed by atoms with van der Waals surface area (Å²) in [5.41, 5.74) is 1.87. The van der Waals surface area contributed by atoms with Crippen LogP contribution < -0.4 is 0 Å². The molecule has 1 aromatic carbocycles. The van der Waals surface area contributed by atoms with Crippen LogP contribution in [0, 0.1) is 0 Å². The number of aryl methyl sites for hydroxylation is 2. The van der Waals surface area contributed by atoms with Gasteiger partial charge in [-0.3, -0.25) is 4.79 Å². The molecular weight excluding hydrogens is 224 g/mol.